The van der Waals surface area contributed by atoms with E-state index < -0.39 is 10.4 Å². The molecule has 0 saturated carbocycles. The standard InChI is InChI=1S/C10H14ClN5S.H2O4S/c1-3-4-5-12-10-14-13-9(17-10)8-7(11)6-16(2)15-8;1-5(2,3)4/h6H,3-5H2,1-2H3,(H,12,14);(H2,1,2,3,4). The van der Waals surface area contributed by atoms with E-state index >= 15 is 0 Å². The van der Waals surface area contributed by atoms with Gasteiger partial charge in [0.05, 0.1) is 5.02 Å². The first kappa shape index (κ1) is 18.8. The van der Waals surface area contributed by atoms with Crippen LogP contribution in [0.4, 0.5) is 5.13 Å². The average Bonchev–Trinajstić information content (AvgIpc) is 2.94. The number of hydrogen-bond donors (Lipinski definition) is 3. The molecule has 0 aliphatic rings. The van der Waals surface area contributed by atoms with Gasteiger partial charge in [-0.25, -0.2) is 0 Å². The maximum Gasteiger partial charge on any atom is 0.394 e. The summed E-state index contributed by atoms with van der Waals surface area (Å²) in [5.74, 6) is 0. The molecule has 2 aromatic heterocycles. The Hall–Kier alpha value is -1.27. The molecule has 12 heteroatoms. The minimum atomic E-state index is -4.67. The lowest BCUT2D eigenvalue weighted by atomic mass is 10.3. The molecule has 2 aromatic rings. The normalized spacial score (nSPS) is 11.0. The molecule has 0 fully saturated rings. The van der Waals surface area contributed by atoms with Gasteiger partial charge in [-0.2, -0.15) is 13.5 Å². The van der Waals surface area contributed by atoms with Crippen molar-refractivity contribution in [3.8, 4) is 10.7 Å². The number of halogens is 1. The Morgan fingerprint density at radius 3 is 2.55 bits per heavy atom. The summed E-state index contributed by atoms with van der Waals surface area (Å²) < 4.78 is 33.3. The van der Waals surface area contributed by atoms with Gasteiger partial charge in [0, 0.05) is 19.8 Å². The molecule has 0 aliphatic carbocycles. The molecule has 3 N–H and O–H groups in total. The van der Waals surface area contributed by atoms with E-state index in [1.165, 1.54) is 11.3 Å². The first-order chi connectivity index (χ1) is 10.2. The molecule has 0 unspecified atom stereocenters. The highest BCUT2D eigenvalue weighted by Gasteiger charge is 2.13. The summed E-state index contributed by atoms with van der Waals surface area (Å²) in [6, 6.07) is 0. The van der Waals surface area contributed by atoms with Crippen molar-refractivity contribution in [2.75, 3.05) is 11.9 Å². The second-order valence-corrected chi connectivity index (χ2v) is 6.42. The first-order valence-corrected chi connectivity index (χ1v) is 8.76. The van der Waals surface area contributed by atoms with Gasteiger partial charge in [-0.3, -0.25) is 13.8 Å². The molecule has 0 saturated heterocycles. The zero-order valence-electron chi connectivity index (χ0n) is 11.9. The minimum absolute atomic E-state index is 0.601. The smallest absolute Gasteiger partial charge is 0.360 e. The highest BCUT2D eigenvalue weighted by Crippen LogP contribution is 2.30. The van der Waals surface area contributed by atoms with Crippen LogP contribution < -0.4 is 5.32 Å². The van der Waals surface area contributed by atoms with Crippen LogP contribution in [0.1, 0.15) is 19.8 Å². The molecule has 22 heavy (non-hydrogen) atoms. The number of anilines is 1. The van der Waals surface area contributed by atoms with Gasteiger partial charge in [-0.15, -0.1) is 10.2 Å². The lowest BCUT2D eigenvalue weighted by Gasteiger charge is -1.97. The number of nitrogens with one attached hydrogen (secondary N) is 1. The van der Waals surface area contributed by atoms with Crippen molar-refractivity contribution in [2.45, 2.75) is 19.8 Å². The molecule has 0 bridgehead atoms. The lowest BCUT2D eigenvalue weighted by molar-refractivity contribution is 0.381. The molecule has 124 valence electrons. The average molecular weight is 370 g/mol. The van der Waals surface area contributed by atoms with Crippen LogP contribution in [0.25, 0.3) is 10.7 Å². The van der Waals surface area contributed by atoms with Crippen LogP contribution in [0.15, 0.2) is 6.20 Å². The summed E-state index contributed by atoms with van der Waals surface area (Å²) in [4.78, 5) is 0. The molecular weight excluding hydrogens is 354 g/mol. The van der Waals surface area contributed by atoms with Crippen molar-refractivity contribution in [3.63, 3.8) is 0 Å². The number of aromatic nitrogens is 4. The predicted molar refractivity (Wildman–Crippen MR) is 84.7 cm³/mol. The number of rotatable bonds is 5. The van der Waals surface area contributed by atoms with E-state index in [0.717, 1.165) is 29.5 Å². The summed E-state index contributed by atoms with van der Waals surface area (Å²) in [6.45, 7) is 3.07. The van der Waals surface area contributed by atoms with Crippen molar-refractivity contribution in [1.82, 2.24) is 20.0 Å². The zero-order valence-corrected chi connectivity index (χ0v) is 14.3. The fraction of sp³-hybridized carbons (Fsp3) is 0.500. The number of nitrogens with zero attached hydrogens (tertiary/aromatic N) is 4. The van der Waals surface area contributed by atoms with Crippen molar-refractivity contribution >= 4 is 38.5 Å². The SMILES string of the molecule is CCCCNc1nnc(-c2nn(C)cc2Cl)s1.O=S(=O)(O)O. The summed E-state index contributed by atoms with van der Waals surface area (Å²) in [7, 11) is -2.84. The Morgan fingerprint density at radius 1 is 1.41 bits per heavy atom. The molecule has 0 radical (unpaired) electrons. The molecule has 2 heterocycles. The third-order valence-electron chi connectivity index (χ3n) is 2.22. The second kappa shape index (κ2) is 8.39. The summed E-state index contributed by atoms with van der Waals surface area (Å²) in [5, 5.41) is 17.8. The van der Waals surface area contributed by atoms with E-state index in [1.807, 2.05) is 7.05 Å². The third-order valence-corrected chi connectivity index (χ3v) is 3.38. The molecule has 0 spiro atoms. The van der Waals surface area contributed by atoms with Crippen molar-refractivity contribution < 1.29 is 17.5 Å². The maximum absolute atomic E-state index is 8.74. The molecule has 0 aliphatic heterocycles. The van der Waals surface area contributed by atoms with Crippen LogP contribution in [0.5, 0.6) is 0 Å². The highest BCUT2D eigenvalue weighted by atomic mass is 35.5. The van der Waals surface area contributed by atoms with Gasteiger partial charge in [0.2, 0.25) is 5.13 Å². The molecular formula is C10H16ClN5O4S2. The van der Waals surface area contributed by atoms with Crippen LogP contribution in [0.2, 0.25) is 5.02 Å². The Labute approximate surface area is 136 Å². The van der Waals surface area contributed by atoms with E-state index in [2.05, 4.69) is 27.5 Å². The van der Waals surface area contributed by atoms with E-state index in [0.29, 0.717) is 10.7 Å². The van der Waals surface area contributed by atoms with Crippen LogP contribution in [-0.2, 0) is 17.4 Å². The molecule has 0 atom stereocenters. The Kier molecular flexibility index (Phi) is 7.16. The monoisotopic (exact) mass is 369 g/mol. The second-order valence-electron chi connectivity index (χ2n) is 4.14. The molecule has 9 nitrogen and oxygen atoms in total. The van der Waals surface area contributed by atoms with Crippen LogP contribution >= 0.6 is 22.9 Å². The van der Waals surface area contributed by atoms with Crippen LogP contribution in [0, 0.1) is 0 Å². The minimum Gasteiger partial charge on any atom is -0.360 e. The zero-order chi connectivity index (χ0) is 16.8. The third kappa shape index (κ3) is 7.13. The van der Waals surface area contributed by atoms with Crippen molar-refractivity contribution in [1.29, 1.82) is 0 Å². The number of unbranched alkanes of at least 4 members (excludes halogenated alkanes) is 1. The van der Waals surface area contributed by atoms with Gasteiger partial charge in [-0.1, -0.05) is 36.3 Å². The summed E-state index contributed by atoms with van der Waals surface area (Å²) in [5.41, 5.74) is 0.690. The fourth-order valence-corrected chi connectivity index (χ4v) is 2.46. The molecule has 2 rings (SSSR count). The topological polar surface area (TPSA) is 130 Å². The Bertz CT molecular complexity index is 692. The van der Waals surface area contributed by atoms with Crippen LogP contribution in [0.3, 0.4) is 0 Å². The van der Waals surface area contributed by atoms with Gasteiger partial charge in [0.1, 0.15) is 5.69 Å². The van der Waals surface area contributed by atoms with Gasteiger partial charge < -0.3 is 5.32 Å². The highest BCUT2D eigenvalue weighted by molar-refractivity contribution is 7.79. The van der Waals surface area contributed by atoms with Crippen molar-refractivity contribution in [3.05, 3.63) is 11.2 Å². The van der Waals surface area contributed by atoms with Gasteiger partial charge in [0.15, 0.2) is 5.01 Å². The van der Waals surface area contributed by atoms with Gasteiger partial charge >= 0.3 is 10.4 Å². The van der Waals surface area contributed by atoms with Crippen LogP contribution in [-0.4, -0.2) is 44.0 Å². The first-order valence-electron chi connectivity index (χ1n) is 6.17. The number of hydrogen-bond acceptors (Lipinski definition) is 7. The van der Waals surface area contributed by atoms with E-state index in [9.17, 15) is 0 Å². The molecule has 0 aromatic carbocycles. The van der Waals surface area contributed by atoms with Gasteiger partial charge in [0.25, 0.3) is 0 Å². The predicted octanol–water partition coefficient (Wildman–Crippen LogP) is 2.15. The summed E-state index contributed by atoms with van der Waals surface area (Å²) in [6.07, 6.45) is 4.03. The Morgan fingerprint density at radius 2 is 2.05 bits per heavy atom. The summed E-state index contributed by atoms with van der Waals surface area (Å²) >= 11 is 7.52. The number of aryl methyl sites for hydroxylation is 1. The van der Waals surface area contributed by atoms with E-state index in [4.69, 9.17) is 29.1 Å². The fourth-order valence-electron chi connectivity index (χ4n) is 1.37. The molecule has 0 amide bonds. The van der Waals surface area contributed by atoms with E-state index in [-0.39, 0.29) is 0 Å². The van der Waals surface area contributed by atoms with Crippen molar-refractivity contribution in [2.24, 2.45) is 7.05 Å². The van der Waals surface area contributed by atoms with E-state index in [1.54, 1.807) is 10.9 Å². The maximum atomic E-state index is 8.74. The quantitative estimate of drug-likeness (QED) is 0.539. The largest absolute Gasteiger partial charge is 0.394 e. The van der Waals surface area contributed by atoms with Gasteiger partial charge in [-0.05, 0) is 6.42 Å². The Balaban J connectivity index is 0.000000422. The lowest BCUT2D eigenvalue weighted by Crippen LogP contribution is -1.99.